The molecule has 0 saturated heterocycles. The summed E-state index contributed by atoms with van der Waals surface area (Å²) in [6.07, 6.45) is 9.68. The predicted octanol–water partition coefficient (Wildman–Crippen LogP) is 4.18. The lowest BCUT2D eigenvalue weighted by molar-refractivity contribution is -0.111. The van der Waals surface area contributed by atoms with Crippen LogP contribution in [0.1, 0.15) is 51.9 Å². The Labute approximate surface area is 92.3 Å². The van der Waals surface area contributed by atoms with Gasteiger partial charge in [-0.3, -0.25) is 4.79 Å². The summed E-state index contributed by atoms with van der Waals surface area (Å²) < 4.78 is 0. The summed E-state index contributed by atoms with van der Waals surface area (Å²) in [6, 6.07) is 0. The molecule has 0 N–H and O–H groups in total. The van der Waals surface area contributed by atoms with Crippen molar-refractivity contribution in [1.29, 1.82) is 0 Å². The van der Waals surface area contributed by atoms with Crippen molar-refractivity contribution in [3.05, 3.63) is 12.7 Å². The third kappa shape index (κ3) is 9.85. The zero-order valence-electron chi connectivity index (χ0n) is 9.26. The fourth-order valence-electron chi connectivity index (χ4n) is 1.20. The van der Waals surface area contributed by atoms with E-state index < -0.39 is 0 Å². The molecular formula is C12H22OS. The molecule has 0 aliphatic heterocycles. The molecule has 0 unspecified atom stereocenters. The lowest BCUT2D eigenvalue weighted by Gasteiger charge is -1.99. The molecular weight excluding hydrogens is 192 g/mol. The lowest BCUT2D eigenvalue weighted by Crippen LogP contribution is -1.93. The number of unbranched alkanes of at least 4 members (excludes halogenated alkanes) is 4. The van der Waals surface area contributed by atoms with Crippen molar-refractivity contribution in [1.82, 2.24) is 0 Å². The lowest BCUT2D eigenvalue weighted by atomic mass is 10.1. The first-order chi connectivity index (χ1) is 6.81. The Kier molecular flexibility index (Phi) is 10.7. The van der Waals surface area contributed by atoms with Gasteiger partial charge >= 0.3 is 0 Å². The van der Waals surface area contributed by atoms with Crippen LogP contribution >= 0.6 is 11.8 Å². The van der Waals surface area contributed by atoms with Crippen LogP contribution < -0.4 is 0 Å². The molecule has 0 bridgehead atoms. The standard InChI is InChI=1S/C12H22OS/c1-3-5-7-8-9-10-12(13)14-11-6-4-2/h4H,2-3,5-11H2,1H3. The molecule has 2 heteroatoms. The van der Waals surface area contributed by atoms with Crippen LogP contribution in [0.3, 0.4) is 0 Å². The second-order valence-electron chi connectivity index (χ2n) is 3.46. The SMILES string of the molecule is C=CCCSC(=O)CCCCCCC. The van der Waals surface area contributed by atoms with Crippen LogP contribution in [0.2, 0.25) is 0 Å². The monoisotopic (exact) mass is 214 g/mol. The Morgan fingerprint density at radius 3 is 2.64 bits per heavy atom. The summed E-state index contributed by atoms with van der Waals surface area (Å²) in [7, 11) is 0. The molecule has 1 nitrogen and oxygen atoms in total. The van der Waals surface area contributed by atoms with Crippen LogP contribution in [0.5, 0.6) is 0 Å². The summed E-state index contributed by atoms with van der Waals surface area (Å²) in [6.45, 7) is 5.83. The highest BCUT2D eigenvalue weighted by molar-refractivity contribution is 8.13. The van der Waals surface area contributed by atoms with Crippen molar-refractivity contribution in [3.63, 3.8) is 0 Å². The molecule has 0 rings (SSSR count). The average molecular weight is 214 g/mol. The van der Waals surface area contributed by atoms with E-state index in [0.29, 0.717) is 5.12 Å². The maximum atomic E-state index is 11.3. The van der Waals surface area contributed by atoms with Crippen molar-refractivity contribution in [2.45, 2.75) is 51.9 Å². The van der Waals surface area contributed by atoms with Crippen LogP contribution in [0, 0.1) is 0 Å². The van der Waals surface area contributed by atoms with Crippen molar-refractivity contribution in [2.24, 2.45) is 0 Å². The number of rotatable bonds is 9. The highest BCUT2D eigenvalue weighted by Crippen LogP contribution is 2.12. The minimum absolute atomic E-state index is 0.350. The summed E-state index contributed by atoms with van der Waals surface area (Å²) in [5.74, 6) is 0.900. The number of carbonyl (C=O) groups excluding carboxylic acids is 1. The van der Waals surface area contributed by atoms with E-state index in [4.69, 9.17) is 0 Å². The van der Waals surface area contributed by atoms with E-state index in [2.05, 4.69) is 13.5 Å². The van der Waals surface area contributed by atoms with Crippen molar-refractivity contribution >= 4 is 16.9 Å². The number of hydrogen-bond acceptors (Lipinski definition) is 2. The van der Waals surface area contributed by atoms with Gasteiger partial charge in [0.15, 0.2) is 5.12 Å². The van der Waals surface area contributed by atoms with Crippen LogP contribution in [-0.2, 0) is 4.79 Å². The molecule has 0 spiro atoms. The van der Waals surface area contributed by atoms with Crippen molar-refractivity contribution in [3.8, 4) is 0 Å². The van der Waals surface area contributed by atoms with Gasteiger partial charge in [0.05, 0.1) is 0 Å². The van der Waals surface area contributed by atoms with Gasteiger partial charge in [-0.15, -0.1) is 6.58 Å². The molecule has 0 heterocycles. The van der Waals surface area contributed by atoms with Gasteiger partial charge in [0, 0.05) is 12.2 Å². The van der Waals surface area contributed by atoms with Gasteiger partial charge < -0.3 is 0 Å². The molecule has 0 aromatic heterocycles. The molecule has 0 fully saturated rings. The van der Waals surface area contributed by atoms with Gasteiger partial charge in [0.2, 0.25) is 0 Å². The zero-order chi connectivity index (χ0) is 10.6. The minimum Gasteiger partial charge on any atom is -0.287 e. The van der Waals surface area contributed by atoms with Gasteiger partial charge in [-0.25, -0.2) is 0 Å². The molecule has 0 atom stereocenters. The summed E-state index contributed by atoms with van der Waals surface area (Å²) in [4.78, 5) is 11.3. The van der Waals surface area contributed by atoms with E-state index in [9.17, 15) is 4.79 Å². The van der Waals surface area contributed by atoms with Gasteiger partial charge in [-0.05, 0) is 12.8 Å². The zero-order valence-corrected chi connectivity index (χ0v) is 10.1. The number of carbonyl (C=O) groups is 1. The second-order valence-corrected chi connectivity index (χ2v) is 4.61. The molecule has 0 aliphatic carbocycles. The molecule has 0 aliphatic rings. The van der Waals surface area contributed by atoms with Crippen molar-refractivity contribution < 1.29 is 4.79 Å². The highest BCUT2D eigenvalue weighted by atomic mass is 32.2. The third-order valence-corrected chi connectivity index (χ3v) is 3.04. The van der Waals surface area contributed by atoms with E-state index in [0.717, 1.165) is 25.0 Å². The Bertz CT molecular complexity index is 154. The Hall–Kier alpha value is -0.240. The van der Waals surface area contributed by atoms with E-state index in [1.54, 1.807) is 0 Å². The normalized spacial score (nSPS) is 10.1. The van der Waals surface area contributed by atoms with Gasteiger partial charge in [0.1, 0.15) is 0 Å². The molecule has 0 aromatic rings. The highest BCUT2D eigenvalue weighted by Gasteiger charge is 2.00. The van der Waals surface area contributed by atoms with Crippen molar-refractivity contribution in [2.75, 3.05) is 5.75 Å². The van der Waals surface area contributed by atoms with Crippen LogP contribution in [0.15, 0.2) is 12.7 Å². The van der Waals surface area contributed by atoms with Gasteiger partial charge in [0.25, 0.3) is 0 Å². The fraction of sp³-hybridized carbons (Fsp3) is 0.750. The van der Waals surface area contributed by atoms with Gasteiger partial charge in [-0.2, -0.15) is 0 Å². The van der Waals surface area contributed by atoms with Crippen LogP contribution in [-0.4, -0.2) is 10.9 Å². The van der Waals surface area contributed by atoms with E-state index in [1.807, 2.05) is 6.08 Å². The number of hydrogen-bond donors (Lipinski definition) is 0. The molecule has 0 amide bonds. The topological polar surface area (TPSA) is 17.1 Å². The molecule has 14 heavy (non-hydrogen) atoms. The van der Waals surface area contributed by atoms with Crippen LogP contribution in [0.25, 0.3) is 0 Å². The maximum absolute atomic E-state index is 11.3. The number of thioether (sulfide) groups is 1. The average Bonchev–Trinajstić information content (AvgIpc) is 2.18. The van der Waals surface area contributed by atoms with E-state index in [-0.39, 0.29) is 0 Å². The maximum Gasteiger partial charge on any atom is 0.188 e. The second kappa shape index (κ2) is 10.8. The van der Waals surface area contributed by atoms with E-state index in [1.165, 1.54) is 37.4 Å². The smallest absolute Gasteiger partial charge is 0.188 e. The Morgan fingerprint density at radius 1 is 1.29 bits per heavy atom. The fourth-order valence-corrected chi connectivity index (χ4v) is 2.00. The molecule has 0 saturated carbocycles. The summed E-state index contributed by atoms with van der Waals surface area (Å²) >= 11 is 1.45. The number of allylic oxidation sites excluding steroid dienone is 1. The van der Waals surface area contributed by atoms with Gasteiger partial charge in [-0.1, -0.05) is 50.4 Å². The first-order valence-corrected chi connectivity index (χ1v) is 6.56. The summed E-state index contributed by atoms with van der Waals surface area (Å²) in [5, 5.41) is 0.350. The largest absolute Gasteiger partial charge is 0.287 e. The molecule has 0 radical (unpaired) electrons. The van der Waals surface area contributed by atoms with Crippen LogP contribution in [0.4, 0.5) is 0 Å². The third-order valence-electron chi connectivity index (χ3n) is 2.07. The predicted molar refractivity (Wildman–Crippen MR) is 65.7 cm³/mol. The first-order valence-electron chi connectivity index (χ1n) is 5.57. The molecule has 0 aromatic carbocycles. The Balaban J connectivity index is 3.14. The Morgan fingerprint density at radius 2 is 2.00 bits per heavy atom. The summed E-state index contributed by atoms with van der Waals surface area (Å²) in [5.41, 5.74) is 0. The quantitative estimate of drug-likeness (QED) is 0.423. The van der Waals surface area contributed by atoms with E-state index >= 15 is 0 Å². The first kappa shape index (κ1) is 13.8. The molecule has 82 valence electrons. The minimum atomic E-state index is 0.350.